The van der Waals surface area contributed by atoms with Gasteiger partial charge in [0.1, 0.15) is 11.4 Å². The number of piperazine rings is 1. The summed E-state index contributed by atoms with van der Waals surface area (Å²) in [5, 5.41) is 3.43. The second-order valence-electron chi connectivity index (χ2n) is 6.99. The van der Waals surface area contributed by atoms with Crippen molar-refractivity contribution in [1.82, 2.24) is 20.1 Å². The number of hydrogen-bond acceptors (Lipinski definition) is 6. The normalized spacial score (nSPS) is 16.3. The van der Waals surface area contributed by atoms with Gasteiger partial charge in [0.25, 0.3) is 5.91 Å². The van der Waals surface area contributed by atoms with Crippen molar-refractivity contribution in [3.8, 4) is 5.75 Å². The number of fused-ring (bicyclic) bond motifs is 1. The average molecular weight is 414 g/mol. The number of benzene rings is 1. The molecule has 2 heterocycles. The number of methoxy groups -OCH3 is 1. The Labute approximate surface area is 174 Å². The molecule has 3 amide bonds. The first-order valence-electron chi connectivity index (χ1n) is 9.87. The van der Waals surface area contributed by atoms with Crippen LogP contribution in [-0.4, -0.2) is 78.6 Å². The topological polar surface area (TPSA) is 101 Å². The van der Waals surface area contributed by atoms with Crippen molar-refractivity contribution in [2.45, 2.75) is 19.9 Å². The number of amides is 3. The first-order valence-corrected chi connectivity index (χ1v) is 9.87. The molecule has 0 radical (unpaired) electrons. The first-order chi connectivity index (χ1) is 14.4. The van der Waals surface area contributed by atoms with Gasteiger partial charge in [-0.1, -0.05) is 12.1 Å². The Hall–Kier alpha value is -3.36. The molecular weight excluding hydrogens is 388 g/mol. The number of aromatic nitrogens is 1. The summed E-state index contributed by atoms with van der Waals surface area (Å²) in [6.07, 6.45) is -0.373. The predicted molar refractivity (Wildman–Crippen MR) is 110 cm³/mol. The number of pyridine rings is 1. The van der Waals surface area contributed by atoms with Gasteiger partial charge in [-0.25, -0.2) is 9.78 Å². The molecule has 1 fully saturated rings. The Morgan fingerprint density at radius 2 is 2.00 bits per heavy atom. The number of rotatable bonds is 5. The predicted octanol–water partition coefficient (Wildman–Crippen LogP) is 1.66. The minimum atomic E-state index is -0.453. The van der Waals surface area contributed by atoms with Crippen molar-refractivity contribution in [2.24, 2.45) is 0 Å². The number of carbonyl (C=O) groups excluding carboxylic acids is 3. The van der Waals surface area contributed by atoms with Gasteiger partial charge in [0.05, 0.1) is 25.8 Å². The third-order valence-corrected chi connectivity index (χ3v) is 5.01. The van der Waals surface area contributed by atoms with E-state index >= 15 is 0 Å². The van der Waals surface area contributed by atoms with E-state index in [9.17, 15) is 14.4 Å². The molecule has 1 aliphatic rings. The molecule has 0 aliphatic carbocycles. The van der Waals surface area contributed by atoms with Gasteiger partial charge in [-0.2, -0.15) is 0 Å². The van der Waals surface area contributed by atoms with Crippen molar-refractivity contribution in [2.75, 3.05) is 39.9 Å². The van der Waals surface area contributed by atoms with E-state index in [0.29, 0.717) is 37.5 Å². The van der Waals surface area contributed by atoms with Crippen molar-refractivity contribution in [3.05, 3.63) is 36.0 Å². The lowest BCUT2D eigenvalue weighted by atomic mass is 10.1. The van der Waals surface area contributed by atoms with Crippen LogP contribution in [0.5, 0.6) is 5.75 Å². The van der Waals surface area contributed by atoms with Gasteiger partial charge in [0.15, 0.2) is 0 Å². The summed E-state index contributed by atoms with van der Waals surface area (Å²) in [6, 6.07) is 8.75. The van der Waals surface area contributed by atoms with Gasteiger partial charge in [-0.3, -0.25) is 9.59 Å². The minimum absolute atomic E-state index is 0.151. The van der Waals surface area contributed by atoms with E-state index in [4.69, 9.17) is 9.47 Å². The van der Waals surface area contributed by atoms with E-state index in [1.165, 1.54) is 7.11 Å². The number of hydrogen-bond donors (Lipinski definition) is 1. The Kier molecular flexibility index (Phi) is 6.71. The maximum absolute atomic E-state index is 12.6. The van der Waals surface area contributed by atoms with Crippen molar-refractivity contribution in [1.29, 1.82) is 0 Å². The molecule has 0 spiro atoms. The van der Waals surface area contributed by atoms with Gasteiger partial charge < -0.3 is 24.6 Å². The van der Waals surface area contributed by atoms with Crippen LogP contribution in [0.1, 0.15) is 24.3 Å². The SMILES string of the molecule is CCOC(=O)N1CCN(C(=O)CNC(=O)c2cc(OC)c3ccccc3n2)C[C@@H]1C. The van der Waals surface area contributed by atoms with Crippen molar-refractivity contribution in [3.63, 3.8) is 0 Å². The number of carbonyl (C=O) groups is 3. The fourth-order valence-electron chi connectivity index (χ4n) is 3.45. The Bertz CT molecular complexity index is 948. The lowest BCUT2D eigenvalue weighted by molar-refractivity contribution is -0.132. The smallest absolute Gasteiger partial charge is 0.410 e. The number of nitrogens with zero attached hydrogens (tertiary/aromatic N) is 3. The fraction of sp³-hybridized carbons (Fsp3) is 0.429. The van der Waals surface area contributed by atoms with E-state index in [2.05, 4.69) is 10.3 Å². The molecule has 0 saturated carbocycles. The van der Waals surface area contributed by atoms with Crippen LogP contribution in [0.15, 0.2) is 30.3 Å². The van der Waals surface area contributed by atoms with E-state index in [-0.39, 0.29) is 30.3 Å². The summed E-state index contributed by atoms with van der Waals surface area (Å²) in [7, 11) is 1.53. The molecule has 9 heteroatoms. The summed E-state index contributed by atoms with van der Waals surface area (Å²) >= 11 is 0. The highest BCUT2D eigenvalue weighted by molar-refractivity contribution is 5.98. The molecule has 1 atom stereocenters. The second-order valence-corrected chi connectivity index (χ2v) is 6.99. The molecule has 9 nitrogen and oxygen atoms in total. The first kappa shape index (κ1) is 21.4. The van der Waals surface area contributed by atoms with E-state index in [1.807, 2.05) is 25.1 Å². The van der Waals surface area contributed by atoms with Crippen LogP contribution in [0.2, 0.25) is 0 Å². The van der Waals surface area contributed by atoms with Crippen molar-refractivity contribution < 1.29 is 23.9 Å². The molecule has 1 aliphatic heterocycles. The van der Waals surface area contributed by atoms with Crippen molar-refractivity contribution >= 4 is 28.8 Å². The van der Waals surface area contributed by atoms with E-state index in [0.717, 1.165) is 5.39 Å². The molecule has 1 saturated heterocycles. The number of para-hydroxylation sites is 1. The molecule has 30 heavy (non-hydrogen) atoms. The summed E-state index contributed by atoms with van der Waals surface area (Å²) in [6.45, 7) is 4.94. The molecule has 1 N–H and O–H groups in total. The third kappa shape index (κ3) is 4.61. The van der Waals surface area contributed by atoms with Crippen LogP contribution >= 0.6 is 0 Å². The number of ether oxygens (including phenoxy) is 2. The summed E-state index contributed by atoms with van der Waals surface area (Å²) in [5.41, 5.74) is 0.816. The highest BCUT2D eigenvalue weighted by atomic mass is 16.6. The molecule has 3 rings (SSSR count). The van der Waals surface area contributed by atoms with Crippen LogP contribution in [0.25, 0.3) is 10.9 Å². The molecule has 160 valence electrons. The number of nitrogens with one attached hydrogen (secondary N) is 1. The molecule has 1 aromatic heterocycles. The van der Waals surface area contributed by atoms with E-state index in [1.54, 1.807) is 28.9 Å². The Morgan fingerprint density at radius 1 is 1.23 bits per heavy atom. The Balaban J connectivity index is 1.59. The summed E-state index contributed by atoms with van der Waals surface area (Å²) in [5.74, 6) is -0.127. The van der Waals surface area contributed by atoms with Gasteiger partial charge in [0, 0.05) is 37.1 Å². The van der Waals surface area contributed by atoms with Crippen LogP contribution < -0.4 is 10.1 Å². The quantitative estimate of drug-likeness (QED) is 0.799. The molecule has 2 aromatic rings. The van der Waals surface area contributed by atoms with Crippen LogP contribution in [0.3, 0.4) is 0 Å². The van der Waals surface area contributed by atoms with E-state index < -0.39 is 5.91 Å². The monoisotopic (exact) mass is 414 g/mol. The molecular formula is C21H26N4O5. The van der Waals surface area contributed by atoms with Gasteiger partial charge in [-0.05, 0) is 26.0 Å². The average Bonchev–Trinajstić information content (AvgIpc) is 2.76. The lowest BCUT2D eigenvalue weighted by Gasteiger charge is -2.39. The van der Waals surface area contributed by atoms with Gasteiger partial charge in [0.2, 0.25) is 5.91 Å². The molecule has 1 aromatic carbocycles. The largest absolute Gasteiger partial charge is 0.496 e. The van der Waals surface area contributed by atoms with Crippen LogP contribution in [0, 0.1) is 0 Å². The highest BCUT2D eigenvalue weighted by Crippen LogP contribution is 2.24. The maximum Gasteiger partial charge on any atom is 0.410 e. The van der Waals surface area contributed by atoms with Crippen LogP contribution in [-0.2, 0) is 9.53 Å². The van der Waals surface area contributed by atoms with Gasteiger partial charge >= 0.3 is 6.09 Å². The summed E-state index contributed by atoms with van der Waals surface area (Å²) in [4.78, 5) is 44.6. The zero-order valence-corrected chi connectivity index (χ0v) is 17.4. The summed E-state index contributed by atoms with van der Waals surface area (Å²) < 4.78 is 10.4. The minimum Gasteiger partial charge on any atom is -0.496 e. The lowest BCUT2D eigenvalue weighted by Crippen LogP contribution is -2.56. The highest BCUT2D eigenvalue weighted by Gasteiger charge is 2.30. The fourth-order valence-corrected chi connectivity index (χ4v) is 3.45. The molecule has 0 bridgehead atoms. The maximum atomic E-state index is 12.6. The van der Waals surface area contributed by atoms with Crippen LogP contribution in [0.4, 0.5) is 4.79 Å². The third-order valence-electron chi connectivity index (χ3n) is 5.01. The Morgan fingerprint density at radius 3 is 2.70 bits per heavy atom. The molecule has 0 unspecified atom stereocenters. The zero-order chi connectivity index (χ0) is 21.7. The van der Waals surface area contributed by atoms with Gasteiger partial charge in [-0.15, -0.1) is 0 Å². The second kappa shape index (κ2) is 9.43. The standard InChI is InChI=1S/C21H26N4O5/c1-4-30-21(28)25-10-9-24(13-14(25)2)19(26)12-22-20(27)17-11-18(29-3)15-7-5-6-8-16(15)23-17/h5-8,11,14H,4,9-10,12-13H2,1-3H3,(H,22,27)/t14-/m0/s1. The zero-order valence-electron chi connectivity index (χ0n) is 17.4.